The predicted molar refractivity (Wildman–Crippen MR) is 76.8 cm³/mol. The minimum Gasteiger partial charge on any atom is -0.453 e. The number of nitrogen functional groups attached to an aromatic ring is 1. The summed E-state index contributed by atoms with van der Waals surface area (Å²) in [5, 5.41) is 0. The monoisotopic (exact) mass is 242 g/mol. The fourth-order valence-corrected chi connectivity index (χ4v) is 1.95. The first-order valence-corrected chi connectivity index (χ1v) is 6.16. The molecule has 0 radical (unpaired) electrons. The van der Waals surface area contributed by atoms with Crippen LogP contribution >= 0.6 is 0 Å². The van der Waals surface area contributed by atoms with Gasteiger partial charge in [0.1, 0.15) is 0 Å². The van der Waals surface area contributed by atoms with Gasteiger partial charge >= 0.3 is 0 Å². The van der Waals surface area contributed by atoms with Gasteiger partial charge in [0.25, 0.3) is 0 Å². The number of hydrogen-bond donors (Lipinski definition) is 1. The van der Waals surface area contributed by atoms with Crippen LogP contribution < -0.4 is 15.4 Å². The van der Waals surface area contributed by atoms with E-state index in [1.165, 1.54) is 0 Å². The lowest BCUT2D eigenvalue weighted by Crippen LogP contribution is -2.15. The summed E-state index contributed by atoms with van der Waals surface area (Å²) in [7, 11) is 2.01. The molecule has 0 aliphatic carbocycles. The molecule has 2 N–H and O–H groups in total. The van der Waals surface area contributed by atoms with Crippen molar-refractivity contribution in [3.05, 3.63) is 42.5 Å². The number of ether oxygens (including phenoxy) is 1. The first kappa shape index (κ1) is 12.3. The molecule has 1 aliphatic heterocycles. The van der Waals surface area contributed by atoms with Crippen molar-refractivity contribution in [1.82, 2.24) is 0 Å². The Balaban J connectivity index is 0.000000574. The number of nitrogens with two attached hydrogens (primary N) is 1. The van der Waals surface area contributed by atoms with Crippen LogP contribution in [0.2, 0.25) is 0 Å². The molecular formula is C15H18N2O. The van der Waals surface area contributed by atoms with Crippen molar-refractivity contribution in [1.29, 1.82) is 0 Å². The Bertz CT molecular complexity index is 552. The fourth-order valence-electron chi connectivity index (χ4n) is 1.95. The summed E-state index contributed by atoms with van der Waals surface area (Å²) in [4.78, 5) is 2.09. The summed E-state index contributed by atoms with van der Waals surface area (Å²) in [6.45, 7) is 4.00. The Morgan fingerprint density at radius 1 is 0.944 bits per heavy atom. The van der Waals surface area contributed by atoms with Crippen LogP contribution in [0, 0.1) is 0 Å². The lowest BCUT2D eigenvalue weighted by molar-refractivity contribution is 0.475. The number of rotatable bonds is 0. The summed E-state index contributed by atoms with van der Waals surface area (Å²) in [6, 6.07) is 13.6. The quantitative estimate of drug-likeness (QED) is 0.705. The normalized spacial score (nSPS) is 11.6. The highest BCUT2D eigenvalue weighted by molar-refractivity contribution is 5.79. The molecular weight excluding hydrogens is 224 g/mol. The fraction of sp³-hybridized carbons (Fsp3) is 0.200. The second kappa shape index (κ2) is 5.00. The number of para-hydroxylation sites is 2. The molecule has 94 valence electrons. The zero-order valence-corrected chi connectivity index (χ0v) is 11.0. The summed E-state index contributed by atoms with van der Waals surface area (Å²) >= 11 is 0. The van der Waals surface area contributed by atoms with Crippen LogP contribution in [-0.2, 0) is 0 Å². The summed E-state index contributed by atoms with van der Waals surface area (Å²) in [6.07, 6.45) is 0. The Hall–Kier alpha value is -2.16. The Kier molecular flexibility index (Phi) is 3.42. The smallest absolute Gasteiger partial charge is 0.151 e. The summed E-state index contributed by atoms with van der Waals surface area (Å²) in [5.74, 6) is 1.72. The van der Waals surface area contributed by atoms with E-state index in [0.717, 1.165) is 28.6 Å². The SMILES string of the molecule is CC.CN1c2ccccc2Oc2ccc(N)cc21. The highest BCUT2D eigenvalue weighted by atomic mass is 16.5. The third kappa shape index (κ3) is 1.99. The van der Waals surface area contributed by atoms with Crippen molar-refractivity contribution in [2.75, 3.05) is 17.7 Å². The molecule has 3 nitrogen and oxygen atoms in total. The minimum absolute atomic E-state index is 0.744. The Morgan fingerprint density at radius 2 is 1.61 bits per heavy atom. The van der Waals surface area contributed by atoms with Gasteiger partial charge in [0.2, 0.25) is 0 Å². The molecule has 3 heteroatoms. The van der Waals surface area contributed by atoms with Crippen LogP contribution in [0.4, 0.5) is 17.1 Å². The zero-order valence-electron chi connectivity index (χ0n) is 11.0. The van der Waals surface area contributed by atoms with Gasteiger partial charge in [0.15, 0.2) is 11.5 Å². The van der Waals surface area contributed by atoms with Gasteiger partial charge in [-0.2, -0.15) is 0 Å². The lowest BCUT2D eigenvalue weighted by Gasteiger charge is -2.29. The first-order chi connectivity index (χ1) is 8.75. The highest BCUT2D eigenvalue weighted by Crippen LogP contribution is 2.45. The van der Waals surface area contributed by atoms with E-state index in [1.807, 2.05) is 63.4 Å². The van der Waals surface area contributed by atoms with Gasteiger partial charge in [-0.15, -0.1) is 0 Å². The molecule has 2 aromatic carbocycles. The molecule has 1 aliphatic rings. The van der Waals surface area contributed by atoms with Crippen LogP contribution in [-0.4, -0.2) is 7.05 Å². The molecule has 0 amide bonds. The summed E-state index contributed by atoms with van der Waals surface area (Å²) < 4.78 is 5.81. The molecule has 0 fully saturated rings. The molecule has 0 spiro atoms. The van der Waals surface area contributed by atoms with Gasteiger partial charge in [-0.25, -0.2) is 0 Å². The van der Waals surface area contributed by atoms with Gasteiger partial charge in [-0.3, -0.25) is 0 Å². The van der Waals surface area contributed by atoms with Gasteiger partial charge in [0, 0.05) is 12.7 Å². The Morgan fingerprint density at radius 3 is 2.39 bits per heavy atom. The van der Waals surface area contributed by atoms with Crippen molar-refractivity contribution in [2.24, 2.45) is 0 Å². The third-order valence-electron chi connectivity index (χ3n) is 2.79. The first-order valence-electron chi connectivity index (χ1n) is 6.16. The number of anilines is 3. The average molecular weight is 242 g/mol. The highest BCUT2D eigenvalue weighted by Gasteiger charge is 2.20. The van der Waals surface area contributed by atoms with E-state index in [2.05, 4.69) is 4.90 Å². The van der Waals surface area contributed by atoms with E-state index >= 15 is 0 Å². The van der Waals surface area contributed by atoms with E-state index in [4.69, 9.17) is 10.5 Å². The average Bonchev–Trinajstić information content (AvgIpc) is 2.42. The molecule has 3 rings (SSSR count). The number of hydrogen-bond acceptors (Lipinski definition) is 3. The largest absolute Gasteiger partial charge is 0.453 e. The molecule has 0 unspecified atom stereocenters. The zero-order chi connectivity index (χ0) is 13.1. The topological polar surface area (TPSA) is 38.5 Å². The van der Waals surface area contributed by atoms with Crippen LogP contribution in [0.5, 0.6) is 11.5 Å². The van der Waals surface area contributed by atoms with Gasteiger partial charge in [-0.1, -0.05) is 26.0 Å². The van der Waals surface area contributed by atoms with Crippen molar-refractivity contribution < 1.29 is 4.74 Å². The van der Waals surface area contributed by atoms with Gasteiger partial charge < -0.3 is 15.4 Å². The molecule has 18 heavy (non-hydrogen) atoms. The maximum atomic E-state index is 5.81. The minimum atomic E-state index is 0.744. The molecule has 0 saturated carbocycles. The number of benzene rings is 2. The van der Waals surface area contributed by atoms with E-state index < -0.39 is 0 Å². The Labute approximate surface area is 108 Å². The molecule has 0 bridgehead atoms. The van der Waals surface area contributed by atoms with Gasteiger partial charge in [-0.05, 0) is 30.3 Å². The van der Waals surface area contributed by atoms with Crippen LogP contribution in [0.1, 0.15) is 13.8 Å². The lowest BCUT2D eigenvalue weighted by atomic mass is 10.1. The van der Waals surface area contributed by atoms with E-state index in [9.17, 15) is 0 Å². The van der Waals surface area contributed by atoms with E-state index in [1.54, 1.807) is 0 Å². The maximum absolute atomic E-state index is 5.81. The molecule has 2 aromatic rings. The van der Waals surface area contributed by atoms with E-state index in [0.29, 0.717) is 0 Å². The van der Waals surface area contributed by atoms with Crippen LogP contribution in [0.3, 0.4) is 0 Å². The maximum Gasteiger partial charge on any atom is 0.151 e. The number of fused-ring (bicyclic) bond motifs is 2. The van der Waals surface area contributed by atoms with E-state index in [-0.39, 0.29) is 0 Å². The van der Waals surface area contributed by atoms with Crippen LogP contribution in [0.25, 0.3) is 0 Å². The van der Waals surface area contributed by atoms with Crippen molar-refractivity contribution in [3.63, 3.8) is 0 Å². The molecule has 0 saturated heterocycles. The second-order valence-electron chi connectivity index (χ2n) is 3.86. The van der Waals surface area contributed by atoms with Crippen molar-refractivity contribution in [2.45, 2.75) is 13.8 Å². The van der Waals surface area contributed by atoms with Gasteiger partial charge in [0.05, 0.1) is 11.4 Å². The standard InChI is InChI=1S/C13H12N2O.C2H6/c1-15-10-4-2-3-5-12(10)16-13-7-6-9(14)8-11(13)15;1-2/h2-8H,14H2,1H3;1-2H3. The van der Waals surface area contributed by atoms with Crippen LogP contribution in [0.15, 0.2) is 42.5 Å². The molecule has 0 aromatic heterocycles. The van der Waals surface area contributed by atoms with Crippen molar-refractivity contribution in [3.8, 4) is 11.5 Å². The third-order valence-corrected chi connectivity index (χ3v) is 2.79. The van der Waals surface area contributed by atoms with Crippen molar-refractivity contribution >= 4 is 17.1 Å². The molecule has 0 atom stereocenters. The summed E-state index contributed by atoms with van der Waals surface area (Å²) in [5.41, 5.74) is 8.58. The molecule has 1 heterocycles. The second-order valence-corrected chi connectivity index (χ2v) is 3.86. The predicted octanol–water partition coefficient (Wildman–Crippen LogP) is 4.17. The number of nitrogens with zero attached hydrogens (tertiary/aromatic N) is 1.